The lowest BCUT2D eigenvalue weighted by Crippen LogP contribution is -2.41. The minimum atomic E-state index is -1.42. The first kappa shape index (κ1) is 18.9. The first-order valence-corrected chi connectivity index (χ1v) is 8.82. The summed E-state index contributed by atoms with van der Waals surface area (Å²) in [7, 11) is 0. The lowest BCUT2D eigenvalue weighted by atomic mass is 9.91. The highest BCUT2D eigenvalue weighted by Gasteiger charge is 2.49. The Morgan fingerprint density at radius 1 is 1.07 bits per heavy atom. The smallest absolute Gasteiger partial charge is 0.325 e. The van der Waals surface area contributed by atoms with E-state index in [0.717, 1.165) is 23.1 Å². The van der Waals surface area contributed by atoms with Gasteiger partial charge in [-0.2, -0.15) is 0 Å². The summed E-state index contributed by atoms with van der Waals surface area (Å²) in [6.07, 6.45) is 0. The largest absolute Gasteiger partial charge is 0.486 e. The zero-order valence-corrected chi connectivity index (χ0v) is 15.3. The molecule has 7 nitrogen and oxygen atoms in total. The third kappa shape index (κ3) is 3.18. The van der Waals surface area contributed by atoms with Gasteiger partial charge in [-0.15, -0.1) is 0 Å². The van der Waals surface area contributed by atoms with Crippen LogP contribution in [0.2, 0.25) is 0 Å². The Morgan fingerprint density at radius 3 is 2.52 bits per heavy atom. The average Bonchev–Trinajstić information content (AvgIpc) is 2.93. The quantitative estimate of drug-likeness (QED) is 0.627. The molecule has 0 unspecified atom stereocenters. The number of fused-ring (bicyclic) bond motifs is 1. The molecular weight excluding hydrogens is 386 g/mol. The van der Waals surface area contributed by atoms with Crippen molar-refractivity contribution >= 4 is 17.7 Å². The number of ether oxygens (including phenoxy) is 2. The number of nitrogens with zero attached hydrogens (tertiary/aromatic N) is 1. The molecule has 9 heteroatoms. The van der Waals surface area contributed by atoms with E-state index in [1.165, 1.54) is 6.92 Å². The highest BCUT2D eigenvalue weighted by atomic mass is 19.2. The van der Waals surface area contributed by atoms with Gasteiger partial charge >= 0.3 is 6.03 Å². The van der Waals surface area contributed by atoms with Crippen LogP contribution >= 0.6 is 0 Å². The molecule has 0 aliphatic carbocycles. The molecule has 150 valence electrons. The van der Waals surface area contributed by atoms with Crippen molar-refractivity contribution in [3.8, 4) is 11.5 Å². The van der Waals surface area contributed by atoms with Crippen LogP contribution in [0.15, 0.2) is 36.4 Å². The van der Waals surface area contributed by atoms with Crippen molar-refractivity contribution in [1.29, 1.82) is 0 Å². The van der Waals surface area contributed by atoms with Crippen molar-refractivity contribution in [2.75, 3.05) is 19.8 Å². The normalized spacial score (nSPS) is 20.6. The molecule has 1 atom stereocenters. The molecule has 2 aliphatic heterocycles. The van der Waals surface area contributed by atoms with Gasteiger partial charge in [0, 0.05) is 5.56 Å². The number of Topliss-reactive ketones (excluding diaryl/α,β-unsaturated/α-hetero) is 1. The van der Waals surface area contributed by atoms with Gasteiger partial charge in [0.05, 0.1) is 6.54 Å². The molecule has 4 rings (SSSR count). The maximum atomic E-state index is 13.4. The topological polar surface area (TPSA) is 84.9 Å². The molecule has 1 fully saturated rings. The number of urea groups is 1. The van der Waals surface area contributed by atoms with Gasteiger partial charge in [-0.3, -0.25) is 14.5 Å². The fraction of sp³-hybridized carbons (Fsp3) is 0.250. The summed E-state index contributed by atoms with van der Waals surface area (Å²) < 4.78 is 37.4. The molecule has 1 saturated heterocycles. The van der Waals surface area contributed by atoms with Gasteiger partial charge in [-0.05, 0) is 42.8 Å². The number of hydrogen-bond acceptors (Lipinski definition) is 5. The standard InChI is InChI=1S/C20H16F2N2O5/c1-20(12-3-5-16-17(9-12)29-7-6-28-16)18(26)24(19(27)23-20)10-15(25)11-2-4-13(21)14(22)8-11/h2-5,8-9H,6-7,10H2,1H3,(H,23,27)/t20-/m1/s1. The van der Waals surface area contributed by atoms with Crippen molar-refractivity contribution in [3.05, 3.63) is 59.2 Å². The van der Waals surface area contributed by atoms with Crippen LogP contribution < -0.4 is 14.8 Å². The predicted octanol–water partition coefficient (Wildman–Crippen LogP) is 2.39. The molecule has 0 aromatic heterocycles. The molecule has 2 aliphatic rings. The second-order valence-electron chi connectivity index (χ2n) is 6.86. The van der Waals surface area contributed by atoms with Crippen molar-refractivity contribution in [1.82, 2.24) is 10.2 Å². The average molecular weight is 402 g/mol. The van der Waals surface area contributed by atoms with Crippen LogP contribution in [0, 0.1) is 11.6 Å². The van der Waals surface area contributed by atoms with E-state index in [4.69, 9.17) is 9.47 Å². The molecular formula is C20H16F2N2O5. The molecule has 2 aromatic rings. The molecule has 3 amide bonds. The van der Waals surface area contributed by atoms with Crippen molar-refractivity contribution < 1.29 is 32.6 Å². The molecule has 2 aromatic carbocycles. The van der Waals surface area contributed by atoms with Gasteiger partial charge in [0.15, 0.2) is 28.9 Å². The number of carbonyl (C=O) groups is 3. The van der Waals surface area contributed by atoms with E-state index in [1.54, 1.807) is 18.2 Å². The maximum Gasteiger partial charge on any atom is 0.325 e. The van der Waals surface area contributed by atoms with E-state index in [-0.39, 0.29) is 5.56 Å². The van der Waals surface area contributed by atoms with Gasteiger partial charge in [0.2, 0.25) is 0 Å². The number of imide groups is 1. The maximum absolute atomic E-state index is 13.4. The summed E-state index contributed by atoms with van der Waals surface area (Å²) in [6, 6.07) is 6.76. The molecule has 0 bridgehead atoms. The van der Waals surface area contributed by atoms with Crippen LogP contribution in [0.5, 0.6) is 11.5 Å². The van der Waals surface area contributed by atoms with Gasteiger partial charge in [0.1, 0.15) is 18.8 Å². The SMILES string of the molecule is C[C@]1(c2ccc3c(c2)OCCO3)NC(=O)N(CC(=O)c2ccc(F)c(F)c2)C1=O. The van der Waals surface area contributed by atoms with Crippen LogP contribution in [0.25, 0.3) is 0 Å². The Balaban J connectivity index is 1.58. The number of ketones is 1. The first-order valence-electron chi connectivity index (χ1n) is 8.82. The summed E-state index contributed by atoms with van der Waals surface area (Å²) in [4.78, 5) is 38.5. The molecule has 1 N–H and O–H groups in total. The number of benzene rings is 2. The monoisotopic (exact) mass is 402 g/mol. The highest BCUT2D eigenvalue weighted by molar-refractivity contribution is 6.11. The number of rotatable bonds is 4. The van der Waals surface area contributed by atoms with E-state index in [0.29, 0.717) is 30.3 Å². The van der Waals surface area contributed by atoms with E-state index >= 15 is 0 Å². The zero-order chi connectivity index (χ0) is 20.8. The second-order valence-corrected chi connectivity index (χ2v) is 6.86. The van der Waals surface area contributed by atoms with Gasteiger partial charge in [-0.1, -0.05) is 6.07 Å². The van der Waals surface area contributed by atoms with Crippen LogP contribution in [-0.2, 0) is 10.3 Å². The molecule has 0 radical (unpaired) electrons. The molecule has 29 heavy (non-hydrogen) atoms. The number of nitrogens with one attached hydrogen (secondary N) is 1. The molecule has 0 spiro atoms. The summed E-state index contributed by atoms with van der Waals surface area (Å²) in [6.45, 7) is 1.69. The van der Waals surface area contributed by atoms with Crippen LogP contribution in [-0.4, -0.2) is 42.4 Å². The lowest BCUT2D eigenvalue weighted by molar-refractivity contribution is -0.130. The van der Waals surface area contributed by atoms with Gasteiger partial charge in [0.25, 0.3) is 5.91 Å². The third-order valence-corrected chi connectivity index (χ3v) is 4.94. The predicted molar refractivity (Wildman–Crippen MR) is 95.7 cm³/mol. The van der Waals surface area contributed by atoms with E-state index in [2.05, 4.69) is 5.32 Å². The Hall–Kier alpha value is -3.49. The number of carbonyl (C=O) groups excluding carboxylic acids is 3. The lowest BCUT2D eigenvalue weighted by Gasteiger charge is -2.25. The Morgan fingerprint density at radius 2 is 1.79 bits per heavy atom. The zero-order valence-electron chi connectivity index (χ0n) is 15.3. The van der Waals surface area contributed by atoms with E-state index in [1.807, 2.05) is 0 Å². The Kier molecular flexibility index (Phi) is 4.45. The third-order valence-electron chi connectivity index (χ3n) is 4.94. The summed E-state index contributed by atoms with van der Waals surface area (Å²) in [5, 5.41) is 2.59. The minimum Gasteiger partial charge on any atom is -0.486 e. The highest BCUT2D eigenvalue weighted by Crippen LogP contribution is 2.36. The van der Waals surface area contributed by atoms with Gasteiger partial charge in [-0.25, -0.2) is 13.6 Å². The summed E-state index contributed by atoms with van der Waals surface area (Å²) >= 11 is 0. The Labute approximate surface area is 164 Å². The van der Waals surface area contributed by atoms with Crippen LogP contribution in [0.3, 0.4) is 0 Å². The van der Waals surface area contributed by atoms with Crippen LogP contribution in [0.4, 0.5) is 13.6 Å². The fourth-order valence-electron chi connectivity index (χ4n) is 3.30. The fourth-order valence-corrected chi connectivity index (χ4v) is 3.30. The van der Waals surface area contributed by atoms with Crippen molar-refractivity contribution in [2.24, 2.45) is 0 Å². The Bertz CT molecular complexity index is 1040. The minimum absolute atomic E-state index is 0.141. The van der Waals surface area contributed by atoms with Crippen molar-refractivity contribution in [2.45, 2.75) is 12.5 Å². The van der Waals surface area contributed by atoms with E-state index < -0.39 is 41.4 Å². The molecule has 2 heterocycles. The summed E-state index contributed by atoms with van der Waals surface area (Å²) in [5.41, 5.74) is -1.10. The van der Waals surface area contributed by atoms with E-state index in [9.17, 15) is 23.2 Å². The van der Waals surface area contributed by atoms with Gasteiger partial charge < -0.3 is 14.8 Å². The number of halogens is 2. The first-order chi connectivity index (χ1) is 13.8. The second kappa shape index (κ2) is 6.84. The summed E-state index contributed by atoms with van der Waals surface area (Å²) in [5.74, 6) is -2.63. The number of amides is 3. The number of hydrogen-bond donors (Lipinski definition) is 1. The van der Waals surface area contributed by atoms with Crippen molar-refractivity contribution in [3.63, 3.8) is 0 Å². The molecule has 0 saturated carbocycles. The van der Waals surface area contributed by atoms with Crippen LogP contribution in [0.1, 0.15) is 22.8 Å².